The molecule has 1 aromatic carbocycles. The van der Waals surface area contributed by atoms with E-state index in [4.69, 9.17) is 33.7 Å². The Labute approximate surface area is 189 Å². The van der Waals surface area contributed by atoms with E-state index in [1.807, 2.05) is 0 Å². The quantitative estimate of drug-likeness (QED) is 0.444. The molecule has 1 aliphatic rings. The van der Waals surface area contributed by atoms with Crippen LogP contribution >= 0.6 is 35.6 Å². The Hall–Kier alpha value is -3.21. The first-order chi connectivity index (χ1) is 14.8. The normalized spacial score (nSPS) is 15.1. The van der Waals surface area contributed by atoms with E-state index in [0.717, 1.165) is 16.7 Å². The Morgan fingerprint density at radius 3 is 2.68 bits per heavy atom. The van der Waals surface area contributed by atoms with Crippen LogP contribution in [0.1, 0.15) is 5.56 Å². The number of ether oxygens (including phenoxy) is 1. The molecule has 3 aromatic rings. The fraction of sp³-hybridized carbons (Fsp3) is 0.0500. The van der Waals surface area contributed by atoms with E-state index in [-0.39, 0.29) is 20.7 Å². The van der Waals surface area contributed by atoms with Gasteiger partial charge in [0.15, 0.2) is 0 Å². The number of hydrogen-bond acceptors (Lipinski definition) is 7. The van der Waals surface area contributed by atoms with Crippen molar-refractivity contribution in [1.29, 1.82) is 0 Å². The molecule has 1 fully saturated rings. The number of carboxylic acids is 1. The van der Waals surface area contributed by atoms with Crippen molar-refractivity contribution in [1.82, 2.24) is 14.3 Å². The summed E-state index contributed by atoms with van der Waals surface area (Å²) in [5.41, 5.74) is -0.0837. The van der Waals surface area contributed by atoms with Gasteiger partial charge in [0.05, 0.1) is 4.91 Å². The van der Waals surface area contributed by atoms with E-state index < -0.39 is 24.0 Å². The molecule has 0 atom stereocenters. The van der Waals surface area contributed by atoms with Crippen LogP contribution in [0.4, 0.5) is 0 Å². The van der Waals surface area contributed by atoms with Crippen molar-refractivity contribution in [2.45, 2.75) is 0 Å². The van der Waals surface area contributed by atoms with Gasteiger partial charge >= 0.3 is 5.97 Å². The molecule has 156 valence electrons. The minimum atomic E-state index is -1.20. The number of rotatable bonds is 5. The van der Waals surface area contributed by atoms with Crippen LogP contribution in [0.2, 0.25) is 5.02 Å². The number of fused-ring (bicyclic) bond motifs is 1. The van der Waals surface area contributed by atoms with E-state index in [9.17, 15) is 14.4 Å². The van der Waals surface area contributed by atoms with Crippen molar-refractivity contribution in [3.8, 4) is 11.6 Å². The lowest BCUT2D eigenvalue weighted by Crippen LogP contribution is -2.33. The fourth-order valence-corrected chi connectivity index (χ4v) is 4.16. The van der Waals surface area contributed by atoms with Crippen molar-refractivity contribution in [2.75, 3.05) is 6.54 Å². The summed E-state index contributed by atoms with van der Waals surface area (Å²) >= 11 is 11.9. The monoisotopic (exact) mass is 473 g/mol. The second kappa shape index (κ2) is 8.50. The molecule has 0 unspecified atom stereocenters. The van der Waals surface area contributed by atoms with E-state index in [2.05, 4.69) is 4.98 Å². The van der Waals surface area contributed by atoms with Gasteiger partial charge in [0.1, 0.15) is 27.8 Å². The lowest BCUT2D eigenvalue weighted by atomic mass is 10.2. The highest BCUT2D eigenvalue weighted by Crippen LogP contribution is 2.34. The Morgan fingerprint density at radius 1 is 1.23 bits per heavy atom. The average molecular weight is 474 g/mol. The van der Waals surface area contributed by atoms with Gasteiger partial charge in [-0.25, -0.2) is 0 Å². The Morgan fingerprint density at radius 2 is 1.97 bits per heavy atom. The van der Waals surface area contributed by atoms with E-state index in [0.29, 0.717) is 16.4 Å². The summed E-state index contributed by atoms with van der Waals surface area (Å²) < 4.78 is 7.24. The molecule has 0 radical (unpaired) electrons. The third kappa shape index (κ3) is 4.31. The average Bonchev–Trinajstić information content (AvgIpc) is 2.99. The van der Waals surface area contributed by atoms with E-state index in [1.54, 1.807) is 48.7 Å². The van der Waals surface area contributed by atoms with Crippen LogP contribution in [0, 0.1) is 0 Å². The summed E-state index contributed by atoms with van der Waals surface area (Å²) in [5, 5.41) is 9.52. The fourth-order valence-electron chi connectivity index (χ4n) is 2.80. The molecule has 4 rings (SSSR count). The number of benzene rings is 1. The largest absolute Gasteiger partial charge is 0.480 e. The highest BCUT2D eigenvalue weighted by Gasteiger charge is 2.34. The van der Waals surface area contributed by atoms with Crippen molar-refractivity contribution in [3.63, 3.8) is 0 Å². The van der Waals surface area contributed by atoms with Gasteiger partial charge < -0.3 is 9.84 Å². The van der Waals surface area contributed by atoms with Gasteiger partial charge in [-0.05, 0) is 42.5 Å². The number of thioether (sulfide) groups is 1. The minimum absolute atomic E-state index is 0.0120. The van der Waals surface area contributed by atoms with Crippen LogP contribution < -0.4 is 10.3 Å². The van der Waals surface area contributed by atoms with Gasteiger partial charge in [0.25, 0.3) is 11.5 Å². The first-order valence-electron chi connectivity index (χ1n) is 8.75. The van der Waals surface area contributed by atoms with Crippen molar-refractivity contribution in [3.05, 3.63) is 74.5 Å². The number of pyridine rings is 1. The second-order valence-corrected chi connectivity index (χ2v) is 8.39. The summed E-state index contributed by atoms with van der Waals surface area (Å²) in [6.07, 6.45) is 2.87. The summed E-state index contributed by atoms with van der Waals surface area (Å²) in [6, 6.07) is 11.5. The standard InChI is InChI=1S/C20H12ClN3O5S2/c21-11-4-6-12(7-5-11)29-17-13(18(27)23-8-2-1-3-15(23)22-17)9-14-19(28)24(10-16(25)26)20(30)31-14/h1-9H,10H2,(H,25,26). The highest BCUT2D eigenvalue weighted by molar-refractivity contribution is 8.26. The predicted octanol–water partition coefficient (Wildman–Crippen LogP) is 3.43. The van der Waals surface area contributed by atoms with Crippen LogP contribution in [0.15, 0.2) is 58.4 Å². The molecular formula is C20H12ClN3O5S2. The molecule has 0 bridgehead atoms. The summed E-state index contributed by atoms with van der Waals surface area (Å²) in [4.78, 5) is 42.3. The van der Waals surface area contributed by atoms with E-state index >= 15 is 0 Å². The number of aromatic nitrogens is 2. The zero-order valence-corrected chi connectivity index (χ0v) is 17.9. The molecule has 1 saturated heterocycles. The zero-order chi connectivity index (χ0) is 22.1. The number of nitrogens with zero attached hydrogens (tertiary/aromatic N) is 3. The van der Waals surface area contributed by atoms with Crippen LogP contribution in [0.3, 0.4) is 0 Å². The third-order valence-electron chi connectivity index (χ3n) is 4.20. The zero-order valence-electron chi connectivity index (χ0n) is 15.5. The molecular weight excluding hydrogens is 462 g/mol. The maximum Gasteiger partial charge on any atom is 0.323 e. The number of halogens is 1. The number of carbonyl (C=O) groups excluding carboxylic acids is 1. The number of carbonyl (C=O) groups is 2. The van der Waals surface area contributed by atoms with Gasteiger partial charge in [0.2, 0.25) is 5.88 Å². The number of amides is 1. The van der Waals surface area contributed by atoms with Gasteiger partial charge in [-0.2, -0.15) is 4.98 Å². The topological polar surface area (TPSA) is 101 Å². The van der Waals surface area contributed by atoms with Crippen LogP contribution in [-0.2, 0) is 9.59 Å². The molecule has 0 aliphatic carbocycles. The molecule has 2 aromatic heterocycles. The van der Waals surface area contributed by atoms with Gasteiger partial charge in [0, 0.05) is 11.2 Å². The Balaban J connectivity index is 1.83. The number of aliphatic carboxylic acids is 1. The van der Waals surface area contributed by atoms with Crippen molar-refractivity contribution < 1.29 is 19.4 Å². The maximum atomic E-state index is 13.1. The number of thiocarbonyl (C=S) groups is 1. The number of carboxylic acid groups (broad SMARTS) is 1. The molecule has 1 aliphatic heterocycles. The lowest BCUT2D eigenvalue weighted by molar-refractivity contribution is -0.140. The predicted molar refractivity (Wildman–Crippen MR) is 121 cm³/mol. The molecule has 0 spiro atoms. The smallest absolute Gasteiger partial charge is 0.323 e. The third-order valence-corrected chi connectivity index (χ3v) is 5.83. The molecule has 31 heavy (non-hydrogen) atoms. The van der Waals surface area contributed by atoms with Gasteiger partial charge in [-0.1, -0.05) is 41.6 Å². The molecule has 8 nitrogen and oxygen atoms in total. The summed E-state index contributed by atoms with van der Waals surface area (Å²) in [7, 11) is 0. The van der Waals surface area contributed by atoms with Crippen LogP contribution in [0.25, 0.3) is 11.7 Å². The molecule has 1 N–H and O–H groups in total. The van der Waals surface area contributed by atoms with Crippen molar-refractivity contribution >= 4 is 63.5 Å². The van der Waals surface area contributed by atoms with Gasteiger partial charge in [-0.15, -0.1) is 0 Å². The number of hydrogen-bond donors (Lipinski definition) is 1. The first-order valence-corrected chi connectivity index (χ1v) is 10.4. The van der Waals surface area contributed by atoms with Crippen molar-refractivity contribution in [2.24, 2.45) is 0 Å². The summed E-state index contributed by atoms with van der Waals surface area (Å²) in [5.74, 6) is -1.42. The van der Waals surface area contributed by atoms with Gasteiger partial charge in [-0.3, -0.25) is 23.7 Å². The Kier molecular flexibility index (Phi) is 5.77. The SMILES string of the molecule is O=C(O)CN1C(=O)C(=Cc2c(Oc3ccc(Cl)cc3)nc3ccccn3c2=O)SC1=S. The lowest BCUT2D eigenvalue weighted by Gasteiger charge is -2.11. The second-order valence-electron chi connectivity index (χ2n) is 6.28. The van der Waals surface area contributed by atoms with Crippen LogP contribution in [-0.4, -0.2) is 42.1 Å². The molecule has 11 heteroatoms. The minimum Gasteiger partial charge on any atom is -0.480 e. The first kappa shape index (κ1) is 21.0. The van der Waals surface area contributed by atoms with E-state index in [1.165, 1.54) is 10.5 Å². The molecule has 1 amide bonds. The summed E-state index contributed by atoms with van der Waals surface area (Å²) in [6.45, 7) is -0.564. The maximum absolute atomic E-state index is 13.1. The van der Waals surface area contributed by atoms with Crippen LogP contribution in [0.5, 0.6) is 11.6 Å². The molecule has 3 heterocycles. The Bertz CT molecular complexity index is 1320. The molecule has 0 saturated carbocycles. The highest BCUT2D eigenvalue weighted by atomic mass is 35.5.